The molecule has 2 rings (SSSR count). The standard InChI is InChI=1S/C17H25N3O5/c1-19(16(21)14(18)10-23-2)15-5-6-20(17(15)22)11-7-12(24-3)9-13(8-11)25-4/h7-9,14-15H,5-6,10,18H2,1-4H3. The zero-order chi connectivity index (χ0) is 18.6. The van der Waals surface area contributed by atoms with Crippen molar-refractivity contribution >= 4 is 17.5 Å². The third-order valence-corrected chi connectivity index (χ3v) is 4.30. The molecule has 25 heavy (non-hydrogen) atoms. The number of methoxy groups -OCH3 is 3. The Morgan fingerprint density at radius 3 is 2.40 bits per heavy atom. The van der Waals surface area contributed by atoms with Crippen molar-refractivity contribution in [3.63, 3.8) is 0 Å². The van der Waals surface area contributed by atoms with Gasteiger partial charge in [0.05, 0.1) is 26.5 Å². The molecule has 2 N–H and O–H groups in total. The predicted octanol–water partition coefficient (Wildman–Crippen LogP) is 0.241. The van der Waals surface area contributed by atoms with E-state index < -0.39 is 12.1 Å². The van der Waals surface area contributed by atoms with Gasteiger partial charge in [0.25, 0.3) is 0 Å². The highest BCUT2D eigenvalue weighted by Gasteiger charge is 2.38. The fourth-order valence-electron chi connectivity index (χ4n) is 2.89. The molecular weight excluding hydrogens is 326 g/mol. The molecule has 0 radical (unpaired) electrons. The van der Waals surface area contributed by atoms with Crippen LogP contribution in [0.4, 0.5) is 5.69 Å². The Bertz CT molecular complexity index is 614. The molecule has 1 saturated heterocycles. The first-order chi connectivity index (χ1) is 11.9. The van der Waals surface area contributed by atoms with Crippen molar-refractivity contribution < 1.29 is 23.8 Å². The summed E-state index contributed by atoms with van der Waals surface area (Å²) >= 11 is 0. The van der Waals surface area contributed by atoms with Gasteiger partial charge in [-0.05, 0) is 6.42 Å². The maximum Gasteiger partial charge on any atom is 0.249 e. The molecule has 2 atom stereocenters. The predicted molar refractivity (Wildman–Crippen MR) is 92.9 cm³/mol. The Labute approximate surface area is 147 Å². The van der Waals surface area contributed by atoms with Crippen molar-refractivity contribution in [1.82, 2.24) is 4.90 Å². The number of benzene rings is 1. The summed E-state index contributed by atoms with van der Waals surface area (Å²) in [6.07, 6.45) is 0.528. The molecule has 1 aromatic carbocycles. The summed E-state index contributed by atoms with van der Waals surface area (Å²) in [4.78, 5) is 28.2. The first-order valence-corrected chi connectivity index (χ1v) is 7.98. The number of hydrogen-bond acceptors (Lipinski definition) is 6. The Morgan fingerprint density at radius 1 is 1.28 bits per heavy atom. The van der Waals surface area contributed by atoms with Crippen LogP contribution in [0.2, 0.25) is 0 Å². The topological polar surface area (TPSA) is 94.3 Å². The lowest BCUT2D eigenvalue weighted by atomic mass is 10.2. The summed E-state index contributed by atoms with van der Waals surface area (Å²) in [6.45, 7) is 0.609. The molecule has 0 spiro atoms. The first kappa shape index (κ1) is 19.0. The van der Waals surface area contributed by atoms with Gasteiger partial charge in [-0.25, -0.2) is 0 Å². The number of hydrogen-bond donors (Lipinski definition) is 1. The van der Waals surface area contributed by atoms with Gasteiger partial charge in [0, 0.05) is 38.9 Å². The van der Waals surface area contributed by atoms with Crippen molar-refractivity contribution in [3.8, 4) is 11.5 Å². The van der Waals surface area contributed by atoms with E-state index in [4.69, 9.17) is 19.9 Å². The van der Waals surface area contributed by atoms with Crippen LogP contribution in [0.1, 0.15) is 6.42 Å². The molecule has 8 heteroatoms. The third-order valence-electron chi connectivity index (χ3n) is 4.30. The minimum absolute atomic E-state index is 0.112. The van der Waals surface area contributed by atoms with Gasteiger partial charge < -0.3 is 29.7 Å². The Kier molecular flexibility index (Phi) is 6.22. The summed E-state index contributed by atoms with van der Waals surface area (Å²) in [5.74, 6) is 0.718. The van der Waals surface area contributed by atoms with Gasteiger partial charge in [-0.3, -0.25) is 9.59 Å². The van der Waals surface area contributed by atoms with Gasteiger partial charge in [0.1, 0.15) is 23.6 Å². The molecule has 0 aliphatic carbocycles. The summed E-state index contributed by atoms with van der Waals surface area (Å²) in [5, 5.41) is 0. The zero-order valence-electron chi connectivity index (χ0n) is 15.0. The van der Waals surface area contributed by atoms with Crippen LogP contribution in [-0.2, 0) is 14.3 Å². The lowest BCUT2D eigenvalue weighted by Crippen LogP contribution is -2.50. The first-order valence-electron chi connectivity index (χ1n) is 7.98. The van der Waals surface area contributed by atoms with E-state index in [2.05, 4.69) is 0 Å². The van der Waals surface area contributed by atoms with E-state index in [-0.39, 0.29) is 18.4 Å². The third kappa shape index (κ3) is 4.02. The molecule has 0 bridgehead atoms. The summed E-state index contributed by atoms with van der Waals surface area (Å²) < 4.78 is 15.4. The Hall–Kier alpha value is -2.32. The normalized spacial score (nSPS) is 18.2. The van der Waals surface area contributed by atoms with Crippen LogP contribution in [0, 0.1) is 0 Å². The molecule has 138 valence electrons. The molecule has 8 nitrogen and oxygen atoms in total. The van der Waals surface area contributed by atoms with Gasteiger partial charge in [-0.1, -0.05) is 0 Å². The molecule has 2 amide bonds. The van der Waals surface area contributed by atoms with Crippen LogP contribution in [0.3, 0.4) is 0 Å². The van der Waals surface area contributed by atoms with Gasteiger partial charge in [0.2, 0.25) is 11.8 Å². The average Bonchev–Trinajstić information content (AvgIpc) is 3.01. The molecule has 0 aromatic heterocycles. The molecule has 1 aromatic rings. The van der Waals surface area contributed by atoms with E-state index in [0.717, 1.165) is 0 Å². The van der Waals surface area contributed by atoms with Gasteiger partial charge >= 0.3 is 0 Å². The van der Waals surface area contributed by atoms with Crippen LogP contribution >= 0.6 is 0 Å². The van der Waals surface area contributed by atoms with E-state index >= 15 is 0 Å². The minimum Gasteiger partial charge on any atom is -0.497 e. The van der Waals surface area contributed by atoms with Gasteiger partial charge in [-0.15, -0.1) is 0 Å². The quantitative estimate of drug-likeness (QED) is 0.756. The molecule has 1 aliphatic heterocycles. The highest BCUT2D eigenvalue weighted by atomic mass is 16.5. The highest BCUT2D eigenvalue weighted by Crippen LogP contribution is 2.31. The fourth-order valence-corrected chi connectivity index (χ4v) is 2.89. The largest absolute Gasteiger partial charge is 0.497 e. The number of carbonyl (C=O) groups excluding carboxylic acids is 2. The fraction of sp³-hybridized carbons (Fsp3) is 0.529. The second-order valence-corrected chi connectivity index (χ2v) is 5.88. The maximum absolute atomic E-state index is 12.8. The van der Waals surface area contributed by atoms with E-state index in [1.807, 2.05) is 0 Å². The van der Waals surface area contributed by atoms with E-state index in [0.29, 0.717) is 30.2 Å². The van der Waals surface area contributed by atoms with Crippen LogP contribution in [0.25, 0.3) is 0 Å². The summed E-state index contributed by atoms with van der Waals surface area (Å²) in [5.41, 5.74) is 6.46. The average molecular weight is 351 g/mol. The molecule has 0 saturated carbocycles. The van der Waals surface area contributed by atoms with E-state index in [9.17, 15) is 9.59 Å². The smallest absolute Gasteiger partial charge is 0.249 e. The molecule has 1 aliphatic rings. The second-order valence-electron chi connectivity index (χ2n) is 5.88. The monoisotopic (exact) mass is 351 g/mol. The molecular formula is C17H25N3O5. The number of carbonyl (C=O) groups is 2. The van der Waals surface area contributed by atoms with Crippen molar-refractivity contribution in [2.45, 2.75) is 18.5 Å². The van der Waals surface area contributed by atoms with E-state index in [1.165, 1.54) is 12.0 Å². The van der Waals surface area contributed by atoms with Crippen molar-refractivity contribution in [3.05, 3.63) is 18.2 Å². The number of nitrogens with zero attached hydrogens (tertiary/aromatic N) is 2. The van der Waals surface area contributed by atoms with Gasteiger partial charge in [-0.2, -0.15) is 0 Å². The Morgan fingerprint density at radius 2 is 1.88 bits per heavy atom. The van der Waals surface area contributed by atoms with Crippen LogP contribution in [0.5, 0.6) is 11.5 Å². The lowest BCUT2D eigenvalue weighted by Gasteiger charge is -2.26. The lowest BCUT2D eigenvalue weighted by molar-refractivity contribution is -0.138. The number of rotatable bonds is 7. The highest BCUT2D eigenvalue weighted by molar-refractivity contribution is 6.02. The molecule has 1 heterocycles. The second kappa shape index (κ2) is 8.17. The number of nitrogens with two attached hydrogens (primary N) is 1. The number of anilines is 1. The number of ether oxygens (including phenoxy) is 3. The summed E-state index contributed by atoms with van der Waals surface area (Å²) in [6, 6.07) is 3.94. The number of likely N-dealkylation sites (N-methyl/N-ethyl adjacent to an activating group) is 1. The van der Waals surface area contributed by atoms with Crippen LogP contribution < -0.4 is 20.1 Å². The van der Waals surface area contributed by atoms with Crippen molar-refractivity contribution in [2.75, 3.05) is 46.4 Å². The SMILES string of the molecule is COCC(N)C(=O)N(C)C1CCN(c2cc(OC)cc(OC)c2)C1=O. The van der Waals surface area contributed by atoms with Gasteiger partial charge in [0.15, 0.2) is 0 Å². The van der Waals surface area contributed by atoms with E-state index in [1.54, 1.807) is 44.4 Å². The number of amides is 2. The van der Waals surface area contributed by atoms with Crippen molar-refractivity contribution in [1.29, 1.82) is 0 Å². The zero-order valence-corrected chi connectivity index (χ0v) is 15.0. The maximum atomic E-state index is 12.8. The summed E-state index contributed by atoms with van der Waals surface area (Å²) in [7, 11) is 6.18. The molecule has 1 fully saturated rings. The molecule has 2 unspecified atom stereocenters. The van der Waals surface area contributed by atoms with Crippen LogP contribution in [-0.4, -0.2) is 70.3 Å². The Balaban J connectivity index is 2.17. The minimum atomic E-state index is -0.784. The van der Waals surface area contributed by atoms with Crippen molar-refractivity contribution in [2.24, 2.45) is 5.73 Å². The van der Waals surface area contributed by atoms with Crippen LogP contribution in [0.15, 0.2) is 18.2 Å².